The van der Waals surface area contributed by atoms with Crippen LogP contribution in [0, 0.1) is 0 Å². The van der Waals surface area contributed by atoms with E-state index in [1.54, 1.807) is 24.5 Å². The molecular weight excluding hydrogens is 310 g/mol. The molecule has 0 aliphatic heterocycles. The highest BCUT2D eigenvalue weighted by Gasteiger charge is 2.12. The van der Waals surface area contributed by atoms with Gasteiger partial charge in [-0.2, -0.15) is 0 Å². The van der Waals surface area contributed by atoms with E-state index in [-0.39, 0.29) is 4.90 Å². The van der Waals surface area contributed by atoms with Gasteiger partial charge in [-0.15, -0.1) is 0 Å². The van der Waals surface area contributed by atoms with Crippen LogP contribution in [0.4, 0.5) is 0 Å². The predicted molar refractivity (Wildman–Crippen MR) is 82.6 cm³/mol. The third-order valence-electron chi connectivity index (χ3n) is 2.78. The average Bonchev–Trinajstić information content (AvgIpc) is 2.48. The van der Waals surface area contributed by atoms with E-state index in [1.165, 1.54) is 12.1 Å². The van der Waals surface area contributed by atoms with Gasteiger partial charge in [0.25, 0.3) is 0 Å². The van der Waals surface area contributed by atoms with Gasteiger partial charge >= 0.3 is 0 Å². The number of pyridine rings is 1. The Kier molecular flexibility index (Phi) is 5.69. The summed E-state index contributed by atoms with van der Waals surface area (Å²) < 4.78 is 26.6. The Labute approximate surface area is 129 Å². The van der Waals surface area contributed by atoms with E-state index in [1.807, 2.05) is 12.1 Å². The highest BCUT2D eigenvalue weighted by Crippen LogP contribution is 2.14. The molecular formula is C14H16ClN3O2S. The summed E-state index contributed by atoms with van der Waals surface area (Å²) in [5.41, 5.74) is 1.10. The largest absolute Gasteiger partial charge is 0.311 e. The third kappa shape index (κ3) is 5.09. The van der Waals surface area contributed by atoms with Gasteiger partial charge in [0.15, 0.2) is 0 Å². The van der Waals surface area contributed by atoms with Crippen molar-refractivity contribution in [3.8, 4) is 0 Å². The van der Waals surface area contributed by atoms with Crippen molar-refractivity contribution in [3.63, 3.8) is 0 Å². The minimum Gasteiger partial charge on any atom is -0.311 e. The van der Waals surface area contributed by atoms with Crippen LogP contribution in [0.5, 0.6) is 0 Å². The van der Waals surface area contributed by atoms with E-state index in [9.17, 15) is 8.42 Å². The van der Waals surface area contributed by atoms with Crippen LogP contribution in [0.15, 0.2) is 53.7 Å². The lowest BCUT2D eigenvalue weighted by molar-refractivity contribution is 0.576. The summed E-state index contributed by atoms with van der Waals surface area (Å²) in [6.07, 6.45) is 3.44. The van der Waals surface area contributed by atoms with Gasteiger partial charge in [-0.25, -0.2) is 13.1 Å². The predicted octanol–water partition coefficient (Wildman–Crippen LogP) is 1.80. The van der Waals surface area contributed by atoms with E-state index < -0.39 is 10.0 Å². The first-order valence-electron chi connectivity index (χ1n) is 6.43. The maximum absolute atomic E-state index is 12.0. The van der Waals surface area contributed by atoms with Crippen LogP contribution in [0.3, 0.4) is 0 Å². The van der Waals surface area contributed by atoms with E-state index in [0.717, 1.165) is 5.56 Å². The van der Waals surface area contributed by atoms with Crippen LogP contribution >= 0.6 is 11.6 Å². The molecule has 0 saturated carbocycles. The quantitative estimate of drug-likeness (QED) is 0.762. The average molecular weight is 326 g/mol. The Morgan fingerprint density at radius 1 is 1.10 bits per heavy atom. The molecule has 112 valence electrons. The molecule has 0 saturated heterocycles. The number of aromatic nitrogens is 1. The number of halogens is 1. The molecule has 1 heterocycles. The molecule has 21 heavy (non-hydrogen) atoms. The molecule has 0 unspecified atom stereocenters. The van der Waals surface area contributed by atoms with Gasteiger partial charge in [0.1, 0.15) is 0 Å². The number of benzene rings is 1. The summed E-state index contributed by atoms with van der Waals surface area (Å²) in [7, 11) is -3.51. The molecule has 0 radical (unpaired) electrons. The normalized spacial score (nSPS) is 11.5. The number of sulfonamides is 1. The van der Waals surface area contributed by atoms with Gasteiger partial charge in [-0.1, -0.05) is 17.7 Å². The number of nitrogens with one attached hydrogen (secondary N) is 2. The molecule has 0 spiro atoms. The summed E-state index contributed by atoms with van der Waals surface area (Å²) in [6.45, 7) is 1.50. The smallest absolute Gasteiger partial charge is 0.240 e. The van der Waals surface area contributed by atoms with E-state index >= 15 is 0 Å². The van der Waals surface area contributed by atoms with Crippen molar-refractivity contribution in [1.82, 2.24) is 15.0 Å². The van der Waals surface area contributed by atoms with Crippen molar-refractivity contribution >= 4 is 21.6 Å². The number of rotatable bonds is 7. The maximum Gasteiger partial charge on any atom is 0.240 e. The molecule has 0 aliphatic rings. The summed E-state index contributed by atoms with van der Waals surface area (Å²) in [6, 6.07) is 9.99. The highest BCUT2D eigenvalue weighted by atomic mass is 35.5. The molecule has 0 bridgehead atoms. The van der Waals surface area contributed by atoms with Crippen LogP contribution in [0.2, 0.25) is 5.02 Å². The fourth-order valence-electron chi connectivity index (χ4n) is 1.72. The second-order valence-corrected chi connectivity index (χ2v) is 6.59. The molecule has 7 heteroatoms. The van der Waals surface area contributed by atoms with Gasteiger partial charge in [0.05, 0.1) is 4.90 Å². The maximum atomic E-state index is 12.0. The van der Waals surface area contributed by atoms with Crippen LogP contribution in [-0.2, 0) is 16.6 Å². The standard InChI is InChI=1S/C14H16ClN3O2S/c15-13-2-1-3-14(10-13)21(19,20)18-9-8-17-11-12-4-6-16-7-5-12/h1-7,10,17-18H,8-9,11H2. The lowest BCUT2D eigenvalue weighted by Crippen LogP contribution is -2.31. The van der Waals surface area contributed by atoms with E-state index in [2.05, 4.69) is 15.0 Å². The minimum atomic E-state index is -3.51. The van der Waals surface area contributed by atoms with Crippen LogP contribution in [0.1, 0.15) is 5.56 Å². The van der Waals surface area contributed by atoms with Gasteiger partial charge in [0, 0.05) is 37.1 Å². The van der Waals surface area contributed by atoms with Gasteiger partial charge in [-0.05, 0) is 35.9 Å². The van der Waals surface area contributed by atoms with Gasteiger partial charge < -0.3 is 5.32 Å². The monoisotopic (exact) mass is 325 g/mol. The van der Waals surface area contributed by atoms with Crippen molar-refractivity contribution < 1.29 is 8.42 Å². The topological polar surface area (TPSA) is 71.1 Å². The van der Waals surface area contributed by atoms with Crippen LogP contribution in [0.25, 0.3) is 0 Å². The molecule has 2 rings (SSSR count). The van der Waals surface area contributed by atoms with Gasteiger partial charge in [-0.3, -0.25) is 4.98 Å². The Bertz CT molecular complexity index is 678. The summed E-state index contributed by atoms with van der Waals surface area (Å²) in [5, 5.41) is 3.55. The van der Waals surface area contributed by atoms with Crippen molar-refractivity contribution in [2.24, 2.45) is 0 Å². The lowest BCUT2D eigenvalue weighted by Gasteiger charge is -2.08. The van der Waals surface area contributed by atoms with Crippen molar-refractivity contribution in [2.75, 3.05) is 13.1 Å². The summed E-state index contributed by atoms with van der Waals surface area (Å²) in [4.78, 5) is 4.10. The molecule has 2 N–H and O–H groups in total. The molecule has 1 aromatic heterocycles. The van der Waals surface area contributed by atoms with Gasteiger partial charge in [0.2, 0.25) is 10.0 Å². The van der Waals surface area contributed by atoms with Crippen molar-refractivity contribution in [1.29, 1.82) is 0 Å². The van der Waals surface area contributed by atoms with Crippen LogP contribution < -0.4 is 10.0 Å². The minimum absolute atomic E-state index is 0.170. The zero-order chi connectivity index (χ0) is 15.1. The molecule has 1 aromatic carbocycles. The Morgan fingerprint density at radius 3 is 2.57 bits per heavy atom. The summed E-state index contributed by atoms with van der Waals surface area (Å²) in [5.74, 6) is 0. The Hall–Kier alpha value is -1.47. The molecule has 0 atom stereocenters. The zero-order valence-electron chi connectivity index (χ0n) is 11.3. The van der Waals surface area contributed by atoms with Crippen LogP contribution in [-0.4, -0.2) is 26.5 Å². The molecule has 5 nitrogen and oxygen atoms in total. The SMILES string of the molecule is O=S(=O)(NCCNCc1ccncc1)c1cccc(Cl)c1. The third-order valence-corrected chi connectivity index (χ3v) is 4.47. The first kappa shape index (κ1) is 15.9. The van der Waals surface area contributed by atoms with E-state index in [0.29, 0.717) is 24.7 Å². The van der Waals surface area contributed by atoms with Crippen molar-refractivity contribution in [3.05, 3.63) is 59.4 Å². The molecule has 2 aromatic rings. The highest BCUT2D eigenvalue weighted by molar-refractivity contribution is 7.89. The summed E-state index contributed by atoms with van der Waals surface area (Å²) >= 11 is 5.79. The van der Waals surface area contributed by atoms with Crippen molar-refractivity contribution in [2.45, 2.75) is 11.4 Å². The molecule has 0 aliphatic carbocycles. The Balaban J connectivity index is 1.78. The zero-order valence-corrected chi connectivity index (χ0v) is 12.9. The second-order valence-electron chi connectivity index (χ2n) is 4.39. The number of hydrogen-bond donors (Lipinski definition) is 2. The number of nitrogens with zero attached hydrogens (tertiary/aromatic N) is 1. The first-order chi connectivity index (χ1) is 10.1. The fourth-order valence-corrected chi connectivity index (χ4v) is 3.06. The molecule has 0 amide bonds. The van der Waals surface area contributed by atoms with E-state index in [4.69, 9.17) is 11.6 Å². The molecule has 0 fully saturated rings. The Morgan fingerprint density at radius 2 is 1.86 bits per heavy atom. The fraction of sp³-hybridized carbons (Fsp3) is 0.214. The lowest BCUT2D eigenvalue weighted by atomic mass is 10.3. The number of hydrogen-bond acceptors (Lipinski definition) is 4. The second kappa shape index (κ2) is 7.51. The first-order valence-corrected chi connectivity index (χ1v) is 8.29.